The van der Waals surface area contributed by atoms with E-state index in [1.54, 1.807) is 24.3 Å². The van der Waals surface area contributed by atoms with E-state index in [0.717, 1.165) is 22.7 Å². The van der Waals surface area contributed by atoms with E-state index in [2.05, 4.69) is 15.9 Å². The van der Waals surface area contributed by atoms with Crippen LogP contribution in [0.15, 0.2) is 53.0 Å². The lowest BCUT2D eigenvalue weighted by Gasteiger charge is -2.10. The van der Waals surface area contributed by atoms with Crippen molar-refractivity contribution in [3.8, 4) is 0 Å². The summed E-state index contributed by atoms with van der Waals surface area (Å²) in [5.74, 6) is -1.40. The summed E-state index contributed by atoms with van der Waals surface area (Å²) < 4.78 is 28.4. The maximum Gasteiger partial charge on any atom is 0.143 e. The normalized spacial score (nSPS) is 11.4. The first-order valence-electron chi connectivity index (χ1n) is 5.49. The lowest BCUT2D eigenvalue weighted by molar-refractivity contribution is -0.104. The zero-order chi connectivity index (χ0) is 13.8. The number of carbonyl (C=O) groups excluding carboxylic acids is 1. The van der Waals surface area contributed by atoms with Crippen molar-refractivity contribution in [1.82, 2.24) is 0 Å². The van der Waals surface area contributed by atoms with Crippen LogP contribution in [0, 0.1) is 11.6 Å². The van der Waals surface area contributed by atoms with Crippen LogP contribution in [0.1, 0.15) is 11.1 Å². The monoisotopic (exact) mass is 322 g/mol. The highest BCUT2D eigenvalue weighted by Crippen LogP contribution is 2.28. The molecule has 0 aliphatic carbocycles. The predicted molar refractivity (Wildman–Crippen MR) is 73.6 cm³/mol. The molecule has 4 heteroatoms. The fourth-order valence-electron chi connectivity index (χ4n) is 1.78. The molecule has 0 atom stereocenters. The molecule has 0 N–H and O–H groups in total. The summed E-state index contributed by atoms with van der Waals surface area (Å²) in [7, 11) is 0. The van der Waals surface area contributed by atoms with Gasteiger partial charge >= 0.3 is 0 Å². The predicted octanol–water partition coefficient (Wildman–Crippen LogP) is 4.36. The highest BCUT2D eigenvalue weighted by Gasteiger charge is 2.14. The minimum Gasteiger partial charge on any atom is -0.299 e. The number of allylic oxidation sites excluding steroid dienone is 1. The van der Waals surface area contributed by atoms with Crippen LogP contribution in [-0.2, 0) is 4.79 Å². The summed E-state index contributed by atoms with van der Waals surface area (Å²) >= 11 is 3.28. The molecular formula is C15H9BrF2O. The lowest BCUT2D eigenvalue weighted by Crippen LogP contribution is -1.97. The van der Waals surface area contributed by atoms with Crippen LogP contribution < -0.4 is 0 Å². The number of carbonyl (C=O) groups is 1. The molecule has 0 saturated carbocycles. The summed E-state index contributed by atoms with van der Waals surface area (Å²) in [6.45, 7) is 0. The van der Waals surface area contributed by atoms with Crippen LogP contribution in [0.25, 0.3) is 5.57 Å². The van der Waals surface area contributed by atoms with Crippen LogP contribution in [0.5, 0.6) is 0 Å². The topological polar surface area (TPSA) is 17.1 Å². The van der Waals surface area contributed by atoms with Gasteiger partial charge in [0, 0.05) is 4.47 Å². The maximum atomic E-state index is 13.8. The van der Waals surface area contributed by atoms with Crippen molar-refractivity contribution >= 4 is 27.8 Å². The fraction of sp³-hybridized carbons (Fsp3) is 0. The van der Waals surface area contributed by atoms with Crippen molar-refractivity contribution in [3.05, 3.63) is 75.8 Å². The minimum absolute atomic E-state index is 0.197. The van der Waals surface area contributed by atoms with Crippen LogP contribution in [-0.4, -0.2) is 6.29 Å². The van der Waals surface area contributed by atoms with Crippen LogP contribution in [0.4, 0.5) is 8.78 Å². The summed E-state index contributed by atoms with van der Waals surface area (Å²) in [5, 5.41) is 0. The molecule has 0 bridgehead atoms. The van der Waals surface area contributed by atoms with Crippen LogP contribution in [0.2, 0.25) is 0 Å². The first kappa shape index (κ1) is 13.6. The van der Waals surface area contributed by atoms with Gasteiger partial charge in [-0.3, -0.25) is 4.79 Å². The number of rotatable bonds is 3. The molecule has 2 rings (SSSR count). The van der Waals surface area contributed by atoms with Crippen molar-refractivity contribution < 1.29 is 13.6 Å². The van der Waals surface area contributed by atoms with Gasteiger partial charge in [-0.15, -0.1) is 0 Å². The quantitative estimate of drug-likeness (QED) is 0.606. The zero-order valence-electron chi connectivity index (χ0n) is 9.74. The first-order chi connectivity index (χ1) is 9.13. The molecule has 0 saturated heterocycles. The summed E-state index contributed by atoms with van der Waals surface area (Å²) in [6.07, 6.45) is 1.67. The van der Waals surface area contributed by atoms with Gasteiger partial charge < -0.3 is 0 Å². The highest BCUT2D eigenvalue weighted by atomic mass is 79.9. The van der Waals surface area contributed by atoms with E-state index in [1.165, 1.54) is 6.07 Å². The number of hydrogen-bond acceptors (Lipinski definition) is 1. The second-order valence-corrected chi connectivity index (χ2v) is 4.74. The number of halogens is 3. The van der Waals surface area contributed by atoms with Gasteiger partial charge in [-0.05, 0) is 41.5 Å². The molecule has 0 amide bonds. The maximum absolute atomic E-state index is 13.8. The second-order valence-electron chi connectivity index (χ2n) is 3.82. The summed E-state index contributed by atoms with van der Waals surface area (Å²) in [4.78, 5) is 10.7. The third kappa shape index (κ3) is 2.96. The average molecular weight is 323 g/mol. The molecule has 2 aromatic carbocycles. The van der Waals surface area contributed by atoms with Gasteiger partial charge in [0.2, 0.25) is 0 Å². The Morgan fingerprint density at radius 3 is 2.11 bits per heavy atom. The van der Waals surface area contributed by atoms with E-state index >= 15 is 0 Å². The van der Waals surface area contributed by atoms with E-state index in [4.69, 9.17) is 0 Å². The molecule has 0 fully saturated rings. The SMILES string of the molecule is O=C/C=C(\c1ccc(Br)cc1)c1c(F)cccc1F. The minimum atomic E-state index is -0.698. The van der Waals surface area contributed by atoms with E-state index in [9.17, 15) is 13.6 Å². The van der Waals surface area contributed by atoms with Crippen LogP contribution in [0.3, 0.4) is 0 Å². The van der Waals surface area contributed by atoms with E-state index in [0.29, 0.717) is 11.8 Å². The van der Waals surface area contributed by atoms with Gasteiger partial charge in [-0.1, -0.05) is 34.1 Å². The highest BCUT2D eigenvalue weighted by molar-refractivity contribution is 9.10. The van der Waals surface area contributed by atoms with Gasteiger partial charge in [0.15, 0.2) is 0 Å². The molecule has 0 spiro atoms. The Kier molecular flexibility index (Phi) is 4.22. The molecule has 0 aliphatic rings. The lowest BCUT2D eigenvalue weighted by atomic mass is 9.97. The molecule has 0 radical (unpaired) electrons. The first-order valence-corrected chi connectivity index (χ1v) is 6.28. The van der Waals surface area contributed by atoms with Gasteiger partial charge in [0.05, 0.1) is 5.56 Å². The standard InChI is InChI=1S/C15H9BrF2O/c16-11-6-4-10(5-7-11)12(8-9-19)15-13(17)2-1-3-14(15)18/h1-9H/b12-8+. The van der Waals surface area contributed by atoms with Crippen molar-refractivity contribution in [2.24, 2.45) is 0 Å². The largest absolute Gasteiger partial charge is 0.299 e. The Bertz CT molecular complexity index is 613. The van der Waals surface area contributed by atoms with Gasteiger partial charge in [0.1, 0.15) is 17.9 Å². The van der Waals surface area contributed by atoms with E-state index in [-0.39, 0.29) is 11.1 Å². The Morgan fingerprint density at radius 2 is 1.58 bits per heavy atom. The number of benzene rings is 2. The third-order valence-corrected chi connectivity index (χ3v) is 3.15. The van der Waals surface area contributed by atoms with E-state index in [1.807, 2.05) is 0 Å². The Labute approximate surface area is 117 Å². The molecule has 0 aliphatic heterocycles. The molecule has 0 heterocycles. The molecule has 2 aromatic rings. The van der Waals surface area contributed by atoms with Gasteiger partial charge in [-0.25, -0.2) is 8.78 Å². The molecule has 19 heavy (non-hydrogen) atoms. The van der Waals surface area contributed by atoms with Crippen molar-refractivity contribution in [1.29, 1.82) is 0 Å². The summed E-state index contributed by atoms with van der Waals surface area (Å²) in [6, 6.07) is 10.5. The zero-order valence-corrected chi connectivity index (χ0v) is 11.3. The van der Waals surface area contributed by atoms with Crippen molar-refractivity contribution in [2.45, 2.75) is 0 Å². The molecule has 0 aromatic heterocycles. The molecular weight excluding hydrogens is 314 g/mol. The Hall–Kier alpha value is -1.81. The molecule has 0 unspecified atom stereocenters. The third-order valence-electron chi connectivity index (χ3n) is 2.62. The molecule has 96 valence electrons. The summed E-state index contributed by atoms with van der Waals surface area (Å²) in [5.41, 5.74) is 0.592. The second kappa shape index (κ2) is 5.89. The fourth-order valence-corrected chi connectivity index (χ4v) is 2.04. The van der Waals surface area contributed by atoms with Crippen LogP contribution >= 0.6 is 15.9 Å². The smallest absolute Gasteiger partial charge is 0.143 e. The molecule has 1 nitrogen and oxygen atoms in total. The van der Waals surface area contributed by atoms with Gasteiger partial charge in [-0.2, -0.15) is 0 Å². The average Bonchev–Trinajstić information content (AvgIpc) is 2.38. The number of hydrogen-bond donors (Lipinski definition) is 0. The van der Waals surface area contributed by atoms with Crippen molar-refractivity contribution in [3.63, 3.8) is 0 Å². The Morgan fingerprint density at radius 1 is 1.00 bits per heavy atom. The Balaban J connectivity index is 2.62. The number of aldehydes is 1. The van der Waals surface area contributed by atoms with Gasteiger partial charge in [0.25, 0.3) is 0 Å². The van der Waals surface area contributed by atoms with E-state index < -0.39 is 11.6 Å². The van der Waals surface area contributed by atoms with Crippen molar-refractivity contribution in [2.75, 3.05) is 0 Å².